The second-order valence-electron chi connectivity index (χ2n) is 4.61. The number of rotatable bonds is 7. The molecule has 0 fully saturated rings. The van der Waals surface area contributed by atoms with E-state index < -0.39 is 5.82 Å². The molecule has 0 radical (unpaired) electrons. The van der Waals surface area contributed by atoms with Crippen molar-refractivity contribution in [1.29, 1.82) is 0 Å². The van der Waals surface area contributed by atoms with Crippen LogP contribution in [0.15, 0.2) is 18.2 Å². The van der Waals surface area contributed by atoms with Crippen LogP contribution in [0.25, 0.3) is 0 Å². The zero-order chi connectivity index (χ0) is 14.3. The van der Waals surface area contributed by atoms with Gasteiger partial charge >= 0.3 is 0 Å². The molecule has 19 heavy (non-hydrogen) atoms. The molecule has 1 aromatic rings. The Hall–Kier alpha value is -1.62. The Morgan fingerprint density at radius 3 is 2.84 bits per heavy atom. The van der Waals surface area contributed by atoms with Gasteiger partial charge in [0.15, 0.2) is 0 Å². The minimum atomic E-state index is -0.486. The Bertz CT molecular complexity index is 418. The highest BCUT2D eigenvalue weighted by molar-refractivity contribution is 5.99. The average Bonchev–Trinajstić information content (AvgIpc) is 2.39. The molecule has 0 saturated carbocycles. The molecule has 106 valence electrons. The highest BCUT2D eigenvalue weighted by atomic mass is 19.1. The number of halogens is 1. The normalized spacial score (nSPS) is 12.2. The average molecular weight is 268 g/mol. The SMILES string of the molecule is CCCC(CCO)CNC(=O)c1cc(F)ccc1N. The van der Waals surface area contributed by atoms with Crippen molar-refractivity contribution in [2.45, 2.75) is 26.2 Å². The number of nitrogen functional groups attached to an aromatic ring is 1. The highest BCUT2D eigenvalue weighted by Crippen LogP contribution is 2.14. The van der Waals surface area contributed by atoms with Crippen LogP contribution >= 0.6 is 0 Å². The van der Waals surface area contributed by atoms with Gasteiger partial charge in [-0.05, 0) is 37.0 Å². The van der Waals surface area contributed by atoms with Gasteiger partial charge < -0.3 is 16.2 Å². The van der Waals surface area contributed by atoms with Crippen LogP contribution in [0.3, 0.4) is 0 Å². The molecule has 4 nitrogen and oxygen atoms in total. The van der Waals surface area contributed by atoms with E-state index in [1.54, 1.807) is 0 Å². The molecule has 0 heterocycles. The summed E-state index contributed by atoms with van der Waals surface area (Å²) in [6.07, 6.45) is 2.56. The summed E-state index contributed by atoms with van der Waals surface area (Å²) >= 11 is 0. The fraction of sp³-hybridized carbons (Fsp3) is 0.500. The zero-order valence-corrected chi connectivity index (χ0v) is 11.2. The third kappa shape index (κ3) is 4.87. The van der Waals surface area contributed by atoms with Gasteiger partial charge in [-0.1, -0.05) is 13.3 Å². The number of nitrogens with one attached hydrogen (secondary N) is 1. The molecule has 0 spiro atoms. The maximum Gasteiger partial charge on any atom is 0.253 e. The first-order valence-electron chi connectivity index (χ1n) is 6.52. The molecule has 0 aliphatic rings. The molecule has 0 bridgehead atoms. The van der Waals surface area contributed by atoms with Gasteiger partial charge in [0.1, 0.15) is 5.82 Å². The zero-order valence-electron chi connectivity index (χ0n) is 11.2. The van der Waals surface area contributed by atoms with E-state index in [1.807, 2.05) is 0 Å². The standard InChI is InChI=1S/C14H21FN2O2/c1-2-3-10(6-7-18)9-17-14(19)12-8-11(15)4-5-13(12)16/h4-5,8,10,18H,2-3,6-7,9,16H2,1H3,(H,17,19). The van der Waals surface area contributed by atoms with E-state index in [4.69, 9.17) is 10.8 Å². The lowest BCUT2D eigenvalue weighted by Crippen LogP contribution is -2.30. The molecule has 5 heteroatoms. The lowest BCUT2D eigenvalue weighted by molar-refractivity contribution is 0.0943. The second-order valence-corrected chi connectivity index (χ2v) is 4.61. The van der Waals surface area contributed by atoms with Gasteiger partial charge in [0.25, 0.3) is 5.91 Å². The van der Waals surface area contributed by atoms with Gasteiger partial charge in [-0.3, -0.25) is 4.79 Å². The van der Waals surface area contributed by atoms with Crippen molar-refractivity contribution in [2.24, 2.45) is 5.92 Å². The van der Waals surface area contributed by atoms with E-state index in [0.29, 0.717) is 13.0 Å². The van der Waals surface area contributed by atoms with Crippen molar-refractivity contribution in [1.82, 2.24) is 5.32 Å². The van der Waals surface area contributed by atoms with Crippen LogP contribution in [0.1, 0.15) is 36.5 Å². The first kappa shape index (κ1) is 15.4. The van der Waals surface area contributed by atoms with Gasteiger partial charge in [-0.15, -0.1) is 0 Å². The number of aliphatic hydroxyl groups is 1. The van der Waals surface area contributed by atoms with E-state index in [-0.39, 0.29) is 29.7 Å². The smallest absolute Gasteiger partial charge is 0.253 e. The molecular weight excluding hydrogens is 247 g/mol. The largest absolute Gasteiger partial charge is 0.398 e. The Kier molecular flexibility index (Phi) is 6.29. The summed E-state index contributed by atoms with van der Waals surface area (Å²) in [6, 6.07) is 3.73. The van der Waals surface area contributed by atoms with Crippen LogP contribution in [-0.2, 0) is 0 Å². The third-order valence-electron chi connectivity index (χ3n) is 3.05. The molecule has 0 aromatic heterocycles. The number of aliphatic hydroxyl groups excluding tert-OH is 1. The first-order chi connectivity index (χ1) is 9.08. The summed E-state index contributed by atoms with van der Waals surface area (Å²) in [7, 11) is 0. The van der Waals surface area contributed by atoms with Crippen molar-refractivity contribution in [3.8, 4) is 0 Å². The Labute approximate surface area is 112 Å². The van der Waals surface area contributed by atoms with Gasteiger partial charge in [-0.25, -0.2) is 4.39 Å². The monoisotopic (exact) mass is 268 g/mol. The van der Waals surface area contributed by atoms with Crippen molar-refractivity contribution < 1.29 is 14.3 Å². The lowest BCUT2D eigenvalue weighted by Gasteiger charge is -2.16. The summed E-state index contributed by atoms with van der Waals surface area (Å²) in [5.41, 5.74) is 6.06. The predicted octanol–water partition coefficient (Wildman–Crippen LogP) is 1.94. The molecule has 1 aromatic carbocycles. The second kappa shape index (κ2) is 7.74. The first-order valence-corrected chi connectivity index (χ1v) is 6.52. The Morgan fingerprint density at radius 1 is 1.47 bits per heavy atom. The summed E-state index contributed by atoms with van der Waals surface area (Å²) in [5, 5.41) is 11.7. The van der Waals surface area contributed by atoms with Crippen LogP contribution in [-0.4, -0.2) is 24.2 Å². The summed E-state index contributed by atoms with van der Waals surface area (Å²) < 4.78 is 13.1. The number of hydrogen-bond donors (Lipinski definition) is 3. The van der Waals surface area contributed by atoms with Crippen LogP contribution in [0.5, 0.6) is 0 Å². The van der Waals surface area contributed by atoms with Crippen molar-refractivity contribution in [2.75, 3.05) is 18.9 Å². The molecule has 1 amide bonds. The molecule has 0 aliphatic carbocycles. The minimum absolute atomic E-state index is 0.0998. The van der Waals surface area contributed by atoms with Crippen molar-refractivity contribution in [3.05, 3.63) is 29.6 Å². The summed E-state index contributed by atoms with van der Waals surface area (Å²) in [4.78, 5) is 11.9. The lowest BCUT2D eigenvalue weighted by atomic mass is 10.00. The predicted molar refractivity (Wildman–Crippen MR) is 73.2 cm³/mol. The van der Waals surface area contributed by atoms with E-state index in [1.165, 1.54) is 12.1 Å². The fourth-order valence-electron chi connectivity index (χ4n) is 2.00. The van der Waals surface area contributed by atoms with Crippen LogP contribution in [0.2, 0.25) is 0 Å². The number of benzene rings is 1. The molecular formula is C14H21FN2O2. The quantitative estimate of drug-likeness (QED) is 0.661. The third-order valence-corrected chi connectivity index (χ3v) is 3.05. The van der Waals surface area contributed by atoms with Crippen LogP contribution in [0, 0.1) is 11.7 Å². The topological polar surface area (TPSA) is 75.3 Å². The van der Waals surface area contributed by atoms with Crippen LogP contribution < -0.4 is 11.1 Å². The van der Waals surface area contributed by atoms with Crippen LogP contribution in [0.4, 0.5) is 10.1 Å². The van der Waals surface area contributed by atoms with E-state index in [2.05, 4.69) is 12.2 Å². The summed E-state index contributed by atoms with van der Waals surface area (Å²) in [6.45, 7) is 2.61. The van der Waals surface area contributed by atoms with Crippen molar-refractivity contribution in [3.63, 3.8) is 0 Å². The van der Waals surface area contributed by atoms with E-state index in [0.717, 1.165) is 18.9 Å². The number of nitrogens with two attached hydrogens (primary N) is 1. The molecule has 1 unspecified atom stereocenters. The summed E-state index contributed by atoms with van der Waals surface area (Å²) in [5.74, 6) is -0.635. The molecule has 0 saturated heterocycles. The fourth-order valence-corrected chi connectivity index (χ4v) is 2.00. The maximum absolute atomic E-state index is 13.1. The maximum atomic E-state index is 13.1. The van der Waals surface area contributed by atoms with Gasteiger partial charge in [0.05, 0.1) is 5.56 Å². The van der Waals surface area contributed by atoms with E-state index in [9.17, 15) is 9.18 Å². The number of carbonyl (C=O) groups is 1. The van der Waals surface area contributed by atoms with Crippen molar-refractivity contribution >= 4 is 11.6 Å². The number of anilines is 1. The van der Waals surface area contributed by atoms with Gasteiger partial charge in [0, 0.05) is 18.8 Å². The minimum Gasteiger partial charge on any atom is -0.398 e. The highest BCUT2D eigenvalue weighted by Gasteiger charge is 2.13. The van der Waals surface area contributed by atoms with E-state index >= 15 is 0 Å². The molecule has 1 atom stereocenters. The molecule has 4 N–H and O–H groups in total. The number of hydrogen-bond acceptors (Lipinski definition) is 3. The van der Waals surface area contributed by atoms with Gasteiger partial charge in [0.2, 0.25) is 0 Å². The molecule has 1 rings (SSSR count). The number of carbonyl (C=O) groups excluding carboxylic acids is 1. The van der Waals surface area contributed by atoms with Gasteiger partial charge in [-0.2, -0.15) is 0 Å². The number of amides is 1. The Balaban J connectivity index is 2.61. The Morgan fingerprint density at radius 2 is 2.21 bits per heavy atom. The molecule has 0 aliphatic heterocycles.